The summed E-state index contributed by atoms with van der Waals surface area (Å²) in [6.45, 7) is 2.28. The van der Waals surface area contributed by atoms with Gasteiger partial charge in [-0.1, -0.05) is 6.07 Å². The fraction of sp³-hybridized carbons (Fsp3) is 0.333. The molecule has 0 bridgehead atoms. The van der Waals surface area contributed by atoms with E-state index in [1.807, 2.05) is 19.1 Å². The van der Waals surface area contributed by atoms with Crippen molar-refractivity contribution in [1.82, 2.24) is 5.32 Å². The zero-order chi connectivity index (χ0) is 13.5. The number of primary amides is 1. The van der Waals surface area contributed by atoms with Crippen LogP contribution in [0.25, 0.3) is 0 Å². The van der Waals surface area contributed by atoms with Gasteiger partial charge in [0.25, 0.3) is 5.91 Å². The summed E-state index contributed by atoms with van der Waals surface area (Å²) >= 11 is 4.19. The Hall–Kier alpha value is -1.53. The molecule has 3 N–H and O–H groups in total. The lowest BCUT2D eigenvalue weighted by molar-refractivity contribution is -0.122. The molecule has 0 saturated heterocycles. The maximum absolute atomic E-state index is 11.8. The van der Waals surface area contributed by atoms with Crippen LogP contribution >= 0.6 is 12.6 Å². The van der Waals surface area contributed by atoms with E-state index in [9.17, 15) is 9.59 Å². The van der Waals surface area contributed by atoms with E-state index in [2.05, 4.69) is 17.9 Å². The van der Waals surface area contributed by atoms with Crippen molar-refractivity contribution in [2.24, 2.45) is 5.73 Å². The van der Waals surface area contributed by atoms with Gasteiger partial charge in [0.15, 0.2) is 0 Å². The van der Waals surface area contributed by atoms with Gasteiger partial charge in [-0.25, -0.2) is 0 Å². The number of nitrogens with two attached hydrogens (primary N) is 1. The monoisotopic (exact) mass is 268 g/mol. The topological polar surface area (TPSA) is 81.4 Å². The minimum absolute atomic E-state index is 0.138. The van der Waals surface area contributed by atoms with E-state index in [0.29, 0.717) is 12.1 Å². The summed E-state index contributed by atoms with van der Waals surface area (Å²) in [6.07, 6.45) is 0. The number of carbonyl (C=O) groups excluding carboxylic acids is 2. The number of nitrogens with one attached hydrogen (secondary N) is 1. The number of ether oxygens (including phenoxy) is 1. The predicted molar refractivity (Wildman–Crippen MR) is 70.8 cm³/mol. The van der Waals surface area contributed by atoms with E-state index in [1.165, 1.54) is 0 Å². The lowest BCUT2D eigenvalue weighted by atomic mass is 10.1. The van der Waals surface area contributed by atoms with Gasteiger partial charge in [0, 0.05) is 17.0 Å². The van der Waals surface area contributed by atoms with Crippen LogP contribution < -0.4 is 11.1 Å². The summed E-state index contributed by atoms with van der Waals surface area (Å²) < 4.78 is 4.93. The summed E-state index contributed by atoms with van der Waals surface area (Å²) in [6, 6.07) is 5.37. The molecule has 0 aliphatic carbocycles. The molecule has 1 aromatic carbocycles. The van der Waals surface area contributed by atoms with Crippen molar-refractivity contribution in [3.63, 3.8) is 0 Å². The smallest absolute Gasteiger partial charge is 0.251 e. The molecule has 18 heavy (non-hydrogen) atoms. The van der Waals surface area contributed by atoms with Gasteiger partial charge in [-0.15, -0.1) is 12.6 Å². The zero-order valence-electron chi connectivity index (χ0n) is 10.1. The highest BCUT2D eigenvalue weighted by Gasteiger charge is 2.08. The molecule has 0 radical (unpaired) electrons. The molecule has 0 aliphatic heterocycles. The van der Waals surface area contributed by atoms with Crippen molar-refractivity contribution in [1.29, 1.82) is 0 Å². The average molecular weight is 268 g/mol. The normalized spacial score (nSPS) is 10.1. The summed E-state index contributed by atoms with van der Waals surface area (Å²) in [5, 5.41) is 2.69. The van der Waals surface area contributed by atoms with Crippen LogP contribution in [0.2, 0.25) is 0 Å². The van der Waals surface area contributed by atoms with Crippen LogP contribution in [0.5, 0.6) is 0 Å². The minimum atomic E-state index is -0.528. The molecule has 2 amide bonds. The maximum atomic E-state index is 11.8. The third-order valence-corrected chi connectivity index (χ3v) is 2.52. The summed E-state index contributed by atoms with van der Waals surface area (Å²) in [4.78, 5) is 23.0. The van der Waals surface area contributed by atoms with Crippen LogP contribution in [-0.2, 0) is 9.53 Å². The van der Waals surface area contributed by atoms with Gasteiger partial charge in [-0.05, 0) is 24.6 Å². The van der Waals surface area contributed by atoms with E-state index in [1.54, 1.807) is 6.07 Å². The first-order valence-corrected chi connectivity index (χ1v) is 5.89. The quantitative estimate of drug-likeness (QED) is 0.519. The maximum Gasteiger partial charge on any atom is 0.251 e. The van der Waals surface area contributed by atoms with E-state index in [-0.39, 0.29) is 19.1 Å². The van der Waals surface area contributed by atoms with Gasteiger partial charge in [-0.3, -0.25) is 9.59 Å². The molecule has 0 aliphatic rings. The van der Waals surface area contributed by atoms with E-state index < -0.39 is 5.91 Å². The SMILES string of the molecule is Cc1ccc(S)cc1C(=O)NCCOCC(N)=O. The second kappa shape index (κ2) is 7.03. The third-order valence-electron chi connectivity index (χ3n) is 2.24. The summed E-state index contributed by atoms with van der Waals surface area (Å²) in [7, 11) is 0. The Morgan fingerprint density at radius 3 is 2.83 bits per heavy atom. The van der Waals surface area contributed by atoms with Crippen molar-refractivity contribution in [2.45, 2.75) is 11.8 Å². The highest BCUT2D eigenvalue weighted by Crippen LogP contribution is 2.13. The first kappa shape index (κ1) is 14.5. The molecule has 1 aromatic rings. The van der Waals surface area contributed by atoms with Crippen molar-refractivity contribution >= 4 is 24.4 Å². The highest BCUT2D eigenvalue weighted by atomic mass is 32.1. The number of amides is 2. The molecular formula is C12H16N2O3S. The van der Waals surface area contributed by atoms with Crippen LogP contribution in [0.3, 0.4) is 0 Å². The fourth-order valence-corrected chi connectivity index (χ4v) is 1.56. The van der Waals surface area contributed by atoms with E-state index in [0.717, 1.165) is 10.5 Å². The molecule has 0 unspecified atom stereocenters. The Balaban J connectivity index is 2.41. The Bertz CT molecular complexity index is 449. The molecule has 1 rings (SSSR count). The first-order chi connectivity index (χ1) is 8.50. The molecule has 0 heterocycles. The molecule has 0 atom stereocenters. The van der Waals surface area contributed by atoms with E-state index in [4.69, 9.17) is 10.5 Å². The predicted octanol–water partition coefficient (Wildman–Crippen LogP) is 0.515. The standard InChI is InChI=1S/C12H16N2O3S/c1-8-2-3-9(18)6-10(8)12(16)14-4-5-17-7-11(13)15/h2-3,6,18H,4-5,7H2,1H3,(H2,13,15)(H,14,16). The zero-order valence-corrected chi connectivity index (χ0v) is 11.0. The first-order valence-electron chi connectivity index (χ1n) is 5.44. The second-order valence-electron chi connectivity index (χ2n) is 3.77. The van der Waals surface area contributed by atoms with Crippen LogP contribution in [0.15, 0.2) is 23.1 Å². The Kier molecular flexibility index (Phi) is 5.67. The molecule has 5 nitrogen and oxygen atoms in total. The lowest BCUT2D eigenvalue weighted by Crippen LogP contribution is -2.29. The molecule has 0 spiro atoms. The third kappa shape index (κ3) is 4.77. The number of rotatable bonds is 6. The number of hydrogen-bond donors (Lipinski definition) is 3. The molecular weight excluding hydrogens is 252 g/mol. The number of benzene rings is 1. The van der Waals surface area contributed by atoms with Crippen LogP contribution in [0.1, 0.15) is 15.9 Å². The van der Waals surface area contributed by atoms with Crippen LogP contribution in [-0.4, -0.2) is 31.6 Å². The Morgan fingerprint density at radius 1 is 1.44 bits per heavy atom. The number of thiol groups is 1. The van der Waals surface area contributed by atoms with Crippen LogP contribution in [0.4, 0.5) is 0 Å². The van der Waals surface area contributed by atoms with E-state index >= 15 is 0 Å². The van der Waals surface area contributed by atoms with Crippen molar-refractivity contribution in [3.8, 4) is 0 Å². The Labute approximate surface area is 111 Å². The van der Waals surface area contributed by atoms with Gasteiger partial charge in [0.05, 0.1) is 6.61 Å². The molecule has 0 fully saturated rings. The summed E-state index contributed by atoms with van der Waals surface area (Å²) in [5.74, 6) is -0.717. The van der Waals surface area contributed by atoms with Gasteiger partial charge in [0.1, 0.15) is 6.61 Å². The number of aryl methyl sites for hydroxylation is 1. The van der Waals surface area contributed by atoms with Crippen molar-refractivity contribution in [2.75, 3.05) is 19.8 Å². The average Bonchev–Trinajstić information content (AvgIpc) is 2.31. The van der Waals surface area contributed by atoms with Crippen LogP contribution in [0, 0.1) is 6.92 Å². The number of hydrogen-bond acceptors (Lipinski definition) is 4. The largest absolute Gasteiger partial charge is 0.370 e. The van der Waals surface area contributed by atoms with Crippen molar-refractivity contribution in [3.05, 3.63) is 29.3 Å². The minimum Gasteiger partial charge on any atom is -0.370 e. The van der Waals surface area contributed by atoms with Gasteiger partial charge < -0.3 is 15.8 Å². The fourth-order valence-electron chi connectivity index (χ4n) is 1.36. The summed E-state index contributed by atoms with van der Waals surface area (Å²) in [5.41, 5.74) is 6.36. The molecule has 0 aromatic heterocycles. The van der Waals surface area contributed by atoms with Gasteiger partial charge in [0.2, 0.25) is 5.91 Å². The molecule has 6 heteroatoms. The highest BCUT2D eigenvalue weighted by molar-refractivity contribution is 7.80. The molecule has 98 valence electrons. The van der Waals surface area contributed by atoms with Gasteiger partial charge >= 0.3 is 0 Å². The molecule has 0 saturated carbocycles. The lowest BCUT2D eigenvalue weighted by Gasteiger charge is -2.08. The van der Waals surface area contributed by atoms with Crippen molar-refractivity contribution < 1.29 is 14.3 Å². The second-order valence-corrected chi connectivity index (χ2v) is 4.29. The number of carbonyl (C=O) groups is 2. The Morgan fingerprint density at radius 2 is 2.17 bits per heavy atom. The van der Waals surface area contributed by atoms with Gasteiger partial charge in [-0.2, -0.15) is 0 Å².